The second kappa shape index (κ2) is 6.52. The van der Waals surface area contributed by atoms with Crippen molar-refractivity contribution in [1.82, 2.24) is 0 Å². The Morgan fingerprint density at radius 2 is 1.94 bits per heavy atom. The minimum absolute atomic E-state index is 0.0478. The predicted molar refractivity (Wildman–Crippen MR) is 73.6 cm³/mol. The lowest BCUT2D eigenvalue weighted by Crippen LogP contribution is -2.28. The number of nitrogens with two attached hydrogens (primary N) is 1. The van der Waals surface area contributed by atoms with E-state index in [0.29, 0.717) is 13.2 Å². The number of rotatable bonds is 6. The Kier molecular flexibility index (Phi) is 5.31. The molecule has 0 fully saturated rings. The molecule has 1 aromatic rings. The normalized spacial score (nSPS) is 11.3. The molecule has 0 radical (unpaired) electrons. The highest BCUT2D eigenvalue weighted by Gasteiger charge is 2.17. The van der Waals surface area contributed by atoms with Crippen LogP contribution in [0, 0.1) is 0 Å². The summed E-state index contributed by atoms with van der Waals surface area (Å²) in [6.45, 7) is 7.26. The number of hydrogen-bond donors (Lipinski definition) is 2. The third kappa shape index (κ3) is 4.13. The minimum Gasteiger partial charge on any atom is -0.372 e. The monoisotopic (exact) mass is 250 g/mol. The van der Waals surface area contributed by atoms with Crippen LogP contribution in [0.3, 0.4) is 0 Å². The highest BCUT2D eigenvalue weighted by Crippen LogP contribution is 2.23. The van der Waals surface area contributed by atoms with Gasteiger partial charge in [-0.15, -0.1) is 0 Å². The largest absolute Gasteiger partial charge is 0.372 e. The summed E-state index contributed by atoms with van der Waals surface area (Å²) in [7, 11) is 0. The second-order valence-corrected chi connectivity index (χ2v) is 4.85. The summed E-state index contributed by atoms with van der Waals surface area (Å²) >= 11 is 0. The van der Waals surface area contributed by atoms with Crippen LogP contribution in [0.4, 0.5) is 5.69 Å². The van der Waals surface area contributed by atoms with Gasteiger partial charge in [-0.05, 0) is 24.6 Å². The first-order chi connectivity index (χ1) is 8.49. The van der Waals surface area contributed by atoms with Crippen LogP contribution < -0.4 is 11.1 Å². The van der Waals surface area contributed by atoms with Gasteiger partial charge in [-0.25, -0.2) is 0 Å². The summed E-state index contributed by atoms with van der Waals surface area (Å²) in [5.74, 6) is -0.136. The van der Waals surface area contributed by atoms with Gasteiger partial charge in [0.1, 0.15) is 6.61 Å². The van der Waals surface area contributed by atoms with Crippen LogP contribution in [0.2, 0.25) is 0 Å². The summed E-state index contributed by atoms with van der Waals surface area (Å²) in [4.78, 5) is 11.5. The summed E-state index contributed by atoms with van der Waals surface area (Å²) in [6, 6.07) is 7.75. The van der Waals surface area contributed by atoms with E-state index in [-0.39, 0.29) is 17.9 Å². The average molecular weight is 250 g/mol. The van der Waals surface area contributed by atoms with E-state index in [0.717, 1.165) is 11.3 Å². The zero-order valence-electron chi connectivity index (χ0n) is 11.3. The number of amides is 1. The van der Waals surface area contributed by atoms with Crippen LogP contribution in [-0.2, 0) is 14.9 Å². The Bertz CT molecular complexity index is 385. The van der Waals surface area contributed by atoms with Gasteiger partial charge >= 0.3 is 0 Å². The van der Waals surface area contributed by atoms with Crippen LogP contribution >= 0.6 is 0 Å². The molecule has 0 spiro atoms. The molecule has 0 unspecified atom stereocenters. The first-order valence-electron chi connectivity index (χ1n) is 6.18. The van der Waals surface area contributed by atoms with Crippen molar-refractivity contribution >= 4 is 11.6 Å². The van der Waals surface area contributed by atoms with Gasteiger partial charge in [-0.1, -0.05) is 26.0 Å². The SMILES string of the molecule is CCOCC(=O)Nc1ccc(C(C)(C)CN)cc1. The quantitative estimate of drug-likeness (QED) is 0.810. The maximum Gasteiger partial charge on any atom is 0.250 e. The zero-order chi connectivity index (χ0) is 13.6. The molecule has 0 aliphatic heterocycles. The van der Waals surface area contributed by atoms with Crippen molar-refractivity contribution in [1.29, 1.82) is 0 Å². The molecule has 0 aliphatic rings. The van der Waals surface area contributed by atoms with Crippen LogP contribution in [0.1, 0.15) is 26.3 Å². The van der Waals surface area contributed by atoms with Gasteiger partial charge in [0.2, 0.25) is 5.91 Å². The van der Waals surface area contributed by atoms with Gasteiger partial charge in [-0.2, -0.15) is 0 Å². The van der Waals surface area contributed by atoms with Crippen molar-refractivity contribution in [3.63, 3.8) is 0 Å². The van der Waals surface area contributed by atoms with E-state index in [1.54, 1.807) is 0 Å². The molecular formula is C14H22N2O2. The molecule has 1 amide bonds. The molecule has 4 heteroatoms. The fraction of sp³-hybridized carbons (Fsp3) is 0.500. The van der Waals surface area contributed by atoms with Gasteiger partial charge < -0.3 is 15.8 Å². The molecule has 0 saturated heterocycles. The fourth-order valence-electron chi connectivity index (χ4n) is 1.51. The molecule has 18 heavy (non-hydrogen) atoms. The summed E-state index contributed by atoms with van der Waals surface area (Å²) < 4.78 is 5.03. The van der Waals surface area contributed by atoms with Crippen molar-refractivity contribution in [3.8, 4) is 0 Å². The minimum atomic E-state index is -0.136. The highest BCUT2D eigenvalue weighted by atomic mass is 16.5. The maximum absolute atomic E-state index is 11.5. The topological polar surface area (TPSA) is 64.3 Å². The molecule has 1 rings (SSSR count). The van der Waals surface area contributed by atoms with E-state index >= 15 is 0 Å². The lowest BCUT2D eigenvalue weighted by Gasteiger charge is -2.23. The second-order valence-electron chi connectivity index (χ2n) is 4.85. The number of carbonyl (C=O) groups excluding carboxylic acids is 1. The molecule has 1 aromatic carbocycles. The van der Waals surface area contributed by atoms with E-state index in [1.807, 2.05) is 31.2 Å². The summed E-state index contributed by atoms with van der Waals surface area (Å²) in [6.07, 6.45) is 0. The lowest BCUT2D eigenvalue weighted by atomic mass is 9.85. The van der Waals surface area contributed by atoms with Gasteiger partial charge in [0.15, 0.2) is 0 Å². The molecule has 0 aliphatic carbocycles. The average Bonchev–Trinajstić information content (AvgIpc) is 2.37. The molecule has 100 valence electrons. The third-order valence-corrected chi connectivity index (χ3v) is 2.90. The Labute approximate surface area is 109 Å². The number of anilines is 1. The fourth-order valence-corrected chi connectivity index (χ4v) is 1.51. The van der Waals surface area contributed by atoms with Gasteiger partial charge in [0, 0.05) is 24.3 Å². The Morgan fingerprint density at radius 1 is 1.33 bits per heavy atom. The van der Waals surface area contributed by atoms with Crippen LogP contribution in [0.25, 0.3) is 0 Å². The van der Waals surface area contributed by atoms with Crippen LogP contribution in [0.5, 0.6) is 0 Å². The van der Waals surface area contributed by atoms with E-state index in [9.17, 15) is 4.79 Å². The van der Waals surface area contributed by atoms with E-state index in [4.69, 9.17) is 10.5 Å². The van der Waals surface area contributed by atoms with Gasteiger partial charge in [-0.3, -0.25) is 4.79 Å². The van der Waals surface area contributed by atoms with Crippen molar-refractivity contribution in [2.75, 3.05) is 25.1 Å². The first kappa shape index (κ1) is 14.7. The van der Waals surface area contributed by atoms with Gasteiger partial charge in [0.05, 0.1) is 0 Å². The molecule has 3 N–H and O–H groups in total. The molecular weight excluding hydrogens is 228 g/mol. The van der Waals surface area contributed by atoms with E-state index in [1.165, 1.54) is 0 Å². The van der Waals surface area contributed by atoms with Crippen molar-refractivity contribution in [2.24, 2.45) is 5.73 Å². The Balaban J connectivity index is 2.63. The summed E-state index contributed by atoms with van der Waals surface area (Å²) in [5, 5.41) is 2.78. The standard InChI is InChI=1S/C14H22N2O2/c1-4-18-9-13(17)16-12-7-5-11(6-8-12)14(2,3)10-15/h5-8H,4,9-10,15H2,1-3H3,(H,16,17). The smallest absolute Gasteiger partial charge is 0.250 e. The predicted octanol–water partition coefficient (Wildman–Crippen LogP) is 1.90. The van der Waals surface area contributed by atoms with Crippen LogP contribution in [-0.4, -0.2) is 25.7 Å². The zero-order valence-corrected chi connectivity index (χ0v) is 11.3. The number of carbonyl (C=O) groups is 1. The third-order valence-electron chi connectivity index (χ3n) is 2.90. The molecule has 0 aromatic heterocycles. The maximum atomic E-state index is 11.5. The highest BCUT2D eigenvalue weighted by molar-refractivity contribution is 5.91. The molecule has 0 bridgehead atoms. The van der Waals surface area contributed by atoms with Crippen LogP contribution in [0.15, 0.2) is 24.3 Å². The Hall–Kier alpha value is -1.39. The lowest BCUT2D eigenvalue weighted by molar-refractivity contribution is -0.120. The molecule has 0 atom stereocenters. The first-order valence-corrected chi connectivity index (χ1v) is 6.18. The van der Waals surface area contributed by atoms with Gasteiger partial charge in [0.25, 0.3) is 0 Å². The number of hydrogen-bond acceptors (Lipinski definition) is 3. The van der Waals surface area contributed by atoms with Crippen molar-refractivity contribution < 1.29 is 9.53 Å². The number of benzene rings is 1. The Morgan fingerprint density at radius 3 is 2.44 bits per heavy atom. The molecule has 0 saturated carbocycles. The number of ether oxygens (including phenoxy) is 1. The van der Waals surface area contributed by atoms with E-state index in [2.05, 4.69) is 19.2 Å². The van der Waals surface area contributed by atoms with E-state index < -0.39 is 0 Å². The number of nitrogens with one attached hydrogen (secondary N) is 1. The summed E-state index contributed by atoms with van der Waals surface area (Å²) in [5.41, 5.74) is 7.61. The molecule has 0 heterocycles. The molecule has 4 nitrogen and oxygen atoms in total. The van der Waals surface area contributed by atoms with Crippen molar-refractivity contribution in [2.45, 2.75) is 26.2 Å². The van der Waals surface area contributed by atoms with Crippen molar-refractivity contribution in [3.05, 3.63) is 29.8 Å².